The molecule has 2 heterocycles. The lowest BCUT2D eigenvalue weighted by atomic mass is 10.1. The lowest BCUT2D eigenvalue weighted by Crippen LogP contribution is -2.27. The summed E-state index contributed by atoms with van der Waals surface area (Å²) in [6.07, 6.45) is 3.08. The Hall–Kier alpha value is -2.08. The Morgan fingerprint density at radius 2 is 2.13 bits per heavy atom. The number of carbonyl (C=O) groups is 1. The number of ether oxygens (including phenoxy) is 1. The largest absolute Gasteiger partial charge is 0.378 e. The molecule has 3 rings (SSSR count). The van der Waals surface area contributed by atoms with Crippen molar-refractivity contribution in [3.63, 3.8) is 0 Å². The number of benzene rings is 1. The van der Waals surface area contributed by atoms with Crippen molar-refractivity contribution in [3.05, 3.63) is 34.9 Å². The van der Waals surface area contributed by atoms with Crippen LogP contribution in [-0.4, -0.2) is 35.1 Å². The number of hydrogen-bond acceptors (Lipinski definition) is 4. The monoisotopic (exact) mass is 317 g/mol. The fourth-order valence-corrected chi connectivity index (χ4v) is 2.78. The van der Waals surface area contributed by atoms with Crippen LogP contribution in [0.3, 0.4) is 0 Å². The summed E-state index contributed by atoms with van der Waals surface area (Å²) in [7, 11) is 0. The van der Waals surface area contributed by atoms with Gasteiger partial charge in [0.25, 0.3) is 5.91 Å². The van der Waals surface area contributed by atoms with Gasteiger partial charge in [-0.2, -0.15) is 0 Å². The average molecular weight is 317 g/mol. The normalized spacial score (nSPS) is 17.6. The van der Waals surface area contributed by atoms with Crippen LogP contribution in [0.4, 0.5) is 4.39 Å². The molecule has 1 fully saturated rings. The van der Waals surface area contributed by atoms with Crippen molar-refractivity contribution in [2.24, 2.45) is 0 Å². The Labute approximate surface area is 134 Å². The summed E-state index contributed by atoms with van der Waals surface area (Å²) in [4.78, 5) is 21.1. The van der Waals surface area contributed by atoms with E-state index in [0.717, 1.165) is 37.3 Å². The molecular formula is C17H20FN3O2. The Bertz CT molecular complexity index is 742. The molecule has 0 aliphatic carbocycles. The molecule has 0 radical (unpaired) electrons. The van der Waals surface area contributed by atoms with Crippen LogP contribution in [0, 0.1) is 19.7 Å². The van der Waals surface area contributed by atoms with E-state index in [-0.39, 0.29) is 17.6 Å². The molecule has 2 aromatic rings. The summed E-state index contributed by atoms with van der Waals surface area (Å²) in [5.41, 5.74) is 2.52. The van der Waals surface area contributed by atoms with Crippen molar-refractivity contribution in [2.45, 2.75) is 39.2 Å². The number of amides is 1. The molecule has 1 aliphatic heterocycles. The number of hydrogen-bond donors (Lipinski definition) is 1. The van der Waals surface area contributed by atoms with Crippen molar-refractivity contribution >= 4 is 16.9 Å². The van der Waals surface area contributed by atoms with Gasteiger partial charge in [-0.15, -0.1) is 0 Å². The number of aromatic nitrogens is 2. The highest BCUT2D eigenvalue weighted by molar-refractivity contribution is 6.04. The molecule has 1 amide bonds. The van der Waals surface area contributed by atoms with Gasteiger partial charge in [0.2, 0.25) is 0 Å². The van der Waals surface area contributed by atoms with Gasteiger partial charge in [0.15, 0.2) is 0 Å². The van der Waals surface area contributed by atoms with E-state index in [1.54, 1.807) is 0 Å². The lowest BCUT2D eigenvalue weighted by Gasteiger charge is -2.11. The maximum absolute atomic E-state index is 13.8. The first kappa shape index (κ1) is 15.8. The van der Waals surface area contributed by atoms with Gasteiger partial charge in [-0.05, 0) is 39.2 Å². The highest BCUT2D eigenvalue weighted by Gasteiger charge is 2.18. The van der Waals surface area contributed by atoms with Crippen LogP contribution in [-0.2, 0) is 4.74 Å². The van der Waals surface area contributed by atoms with Crippen molar-refractivity contribution in [1.82, 2.24) is 15.3 Å². The molecule has 1 aromatic carbocycles. The van der Waals surface area contributed by atoms with Gasteiger partial charge in [-0.3, -0.25) is 4.79 Å². The molecule has 23 heavy (non-hydrogen) atoms. The number of rotatable bonds is 4. The molecule has 0 saturated carbocycles. The highest BCUT2D eigenvalue weighted by atomic mass is 19.1. The molecule has 1 aliphatic rings. The summed E-state index contributed by atoms with van der Waals surface area (Å²) in [5, 5.41) is 2.83. The van der Waals surface area contributed by atoms with Crippen LogP contribution in [0.15, 0.2) is 12.1 Å². The summed E-state index contributed by atoms with van der Waals surface area (Å²) in [5.74, 6) is -0.815. The second-order valence-corrected chi connectivity index (χ2v) is 5.90. The van der Waals surface area contributed by atoms with Gasteiger partial charge in [0.1, 0.15) is 11.3 Å². The van der Waals surface area contributed by atoms with E-state index >= 15 is 0 Å². The highest BCUT2D eigenvalue weighted by Crippen LogP contribution is 2.19. The molecule has 1 N–H and O–H groups in total. The van der Waals surface area contributed by atoms with Gasteiger partial charge >= 0.3 is 0 Å². The number of nitrogens with one attached hydrogen (secondary N) is 1. The summed E-state index contributed by atoms with van der Waals surface area (Å²) < 4.78 is 19.3. The third-order valence-electron chi connectivity index (χ3n) is 4.17. The Kier molecular flexibility index (Phi) is 4.52. The molecule has 5 nitrogen and oxygen atoms in total. The first-order valence-electron chi connectivity index (χ1n) is 7.89. The van der Waals surface area contributed by atoms with Crippen molar-refractivity contribution in [1.29, 1.82) is 0 Å². The zero-order chi connectivity index (χ0) is 16.4. The van der Waals surface area contributed by atoms with Gasteiger partial charge in [-0.1, -0.05) is 0 Å². The minimum atomic E-state index is -0.487. The summed E-state index contributed by atoms with van der Waals surface area (Å²) in [6, 6.07) is 2.52. The first-order valence-corrected chi connectivity index (χ1v) is 7.89. The number of nitrogens with zero attached hydrogens (tertiary/aromatic N) is 2. The Morgan fingerprint density at radius 1 is 1.35 bits per heavy atom. The van der Waals surface area contributed by atoms with Crippen molar-refractivity contribution in [2.75, 3.05) is 13.2 Å². The van der Waals surface area contributed by atoms with Crippen molar-refractivity contribution < 1.29 is 13.9 Å². The third kappa shape index (κ3) is 3.47. The second-order valence-electron chi connectivity index (χ2n) is 5.90. The number of aryl methyl sites for hydroxylation is 2. The Balaban J connectivity index is 1.80. The number of carbonyl (C=O) groups excluding carboxylic acids is 1. The fraction of sp³-hybridized carbons (Fsp3) is 0.471. The average Bonchev–Trinajstić information content (AvgIpc) is 3.01. The van der Waals surface area contributed by atoms with Crippen LogP contribution in [0.5, 0.6) is 0 Å². The van der Waals surface area contributed by atoms with Gasteiger partial charge in [-0.25, -0.2) is 14.4 Å². The molecule has 6 heteroatoms. The minimum absolute atomic E-state index is 0.212. The van der Waals surface area contributed by atoms with E-state index in [4.69, 9.17) is 4.74 Å². The smallest absolute Gasteiger partial charge is 0.253 e. The predicted octanol–water partition coefficient (Wildman–Crippen LogP) is 2.68. The number of halogens is 1. The van der Waals surface area contributed by atoms with Gasteiger partial charge in [0.05, 0.1) is 28.6 Å². The zero-order valence-corrected chi connectivity index (χ0v) is 13.4. The zero-order valence-electron chi connectivity index (χ0n) is 13.4. The van der Waals surface area contributed by atoms with Crippen LogP contribution >= 0.6 is 0 Å². The van der Waals surface area contributed by atoms with E-state index in [1.165, 1.54) is 12.1 Å². The van der Waals surface area contributed by atoms with Crippen LogP contribution in [0.25, 0.3) is 11.0 Å². The predicted molar refractivity (Wildman–Crippen MR) is 84.9 cm³/mol. The van der Waals surface area contributed by atoms with Gasteiger partial charge in [0, 0.05) is 19.2 Å². The Morgan fingerprint density at radius 3 is 2.87 bits per heavy atom. The van der Waals surface area contributed by atoms with E-state index in [9.17, 15) is 9.18 Å². The molecule has 1 saturated heterocycles. The van der Waals surface area contributed by atoms with Crippen LogP contribution in [0.1, 0.15) is 41.0 Å². The summed E-state index contributed by atoms with van der Waals surface area (Å²) >= 11 is 0. The summed E-state index contributed by atoms with van der Waals surface area (Å²) in [6.45, 7) is 4.93. The maximum Gasteiger partial charge on any atom is 0.253 e. The standard InChI is InChI=1S/C17H20FN3O2/c1-10-11(2)21-16-14(8-12(18)9-15(16)20-10)17(22)19-6-5-13-4-3-7-23-13/h8-9,13H,3-7H2,1-2H3,(H,19,22). The molecule has 122 valence electrons. The van der Waals surface area contributed by atoms with Crippen molar-refractivity contribution in [3.8, 4) is 0 Å². The quantitative estimate of drug-likeness (QED) is 0.941. The second kappa shape index (κ2) is 6.58. The van der Waals surface area contributed by atoms with Crippen LogP contribution in [0.2, 0.25) is 0 Å². The SMILES string of the molecule is Cc1nc2cc(F)cc(C(=O)NCCC3CCCO3)c2nc1C. The van der Waals surface area contributed by atoms with E-state index < -0.39 is 5.82 Å². The fourth-order valence-electron chi connectivity index (χ4n) is 2.78. The minimum Gasteiger partial charge on any atom is -0.378 e. The third-order valence-corrected chi connectivity index (χ3v) is 4.17. The molecule has 1 atom stereocenters. The maximum atomic E-state index is 13.8. The molecule has 0 spiro atoms. The first-order chi connectivity index (χ1) is 11.0. The molecule has 1 aromatic heterocycles. The van der Waals surface area contributed by atoms with E-state index in [1.807, 2.05) is 13.8 Å². The molecule has 1 unspecified atom stereocenters. The van der Waals surface area contributed by atoms with E-state index in [2.05, 4.69) is 15.3 Å². The van der Waals surface area contributed by atoms with E-state index in [0.29, 0.717) is 17.6 Å². The molecular weight excluding hydrogens is 297 g/mol. The number of fused-ring (bicyclic) bond motifs is 1. The molecule has 0 bridgehead atoms. The van der Waals surface area contributed by atoms with Gasteiger partial charge < -0.3 is 10.1 Å². The topological polar surface area (TPSA) is 64.1 Å². The van der Waals surface area contributed by atoms with Crippen LogP contribution < -0.4 is 5.32 Å². The lowest BCUT2D eigenvalue weighted by molar-refractivity contribution is 0.0908.